The molecule has 2 rings (SSSR count). The molecule has 0 radical (unpaired) electrons. The lowest BCUT2D eigenvalue weighted by molar-refractivity contribution is -0.117. The lowest BCUT2D eigenvalue weighted by Crippen LogP contribution is -2.33. The van der Waals surface area contributed by atoms with Crippen molar-refractivity contribution in [3.63, 3.8) is 0 Å². The molecule has 0 fully saturated rings. The van der Waals surface area contributed by atoms with Crippen molar-refractivity contribution in [2.75, 3.05) is 7.11 Å². The number of nitrogens with one attached hydrogen (secondary N) is 2. The second-order valence-corrected chi connectivity index (χ2v) is 6.80. The molecule has 0 aromatic heterocycles. The molecule has 0 unspecified atom stereocenters. The topological polar surface area (TPSA) is 100 Å². The number of hydrazone groups is 1. The van der Waals surface area contributed by atoms with Gasteiger partial charge in [-0.15, -0.1) is 0 Å². The zero-order valence-corrected chi connectivity index (χ0v) is 17.2. The van der Waals surface area contributed by atoms with Gasteiger partial charge in [0.25, 0.3) is 11.8 Å². The number of hydrogen-bond acceptors (Lipinski definition) is 5. The Labute approximate surface area is 171 Å². The summed E-state index contributed by atoms with van der Waals surface area (Å²) in [6.45, 7) is 3.43. The molecule has 0 heterocycles. The molecule has 2 aromatic carbocycles. The first-order valence-electron chi connectivity index (χ1n) is 8.27. The summed E-state index contributed by atoms with van der Waals surface area (Å²) in [7, 11) is 1.43. The number of benzene rings is 2. The third-order valence-electron chi connectivity index (χ3n) is 3.65. The molecule has 0 aliphatic carbocycles. The molecule has 0 aliphatic rings. The molecule has 0 aliphatic heterocycles. The summed E-state index contributed by atoms with van der Waals surface area (Å²) in [5, 5.41) is 16.3. The fourth-order valence-corrected chi connectivity index (χ4v) is 2.69. The lowest BCUT2D eigenvalue weighted by atomic mass is 10.2. The number of halogens is 1. The number of phenolic OH excluding ortho intramolecular Hbond substituents is 1. The minimum absolute atomic E-state index is 0.0286. The first kappa shape index (κ1) is 21.2. The van der Waals surface area contributed by atoms with Crippen LogP contribution < -0.4 is 15.5 Å². The number of amides is 2. The minimum Gasteiger partial charge on any atom is -0.503 e. The second-order valence-electron chi connectivity index (χ2n) is 5.95. The minimum atomic E-state index is -0.551. The predicted molar refractivity (Wildman–Crippen MR) is 110 cm³/mol. The number of aromatic hydroxyl groups is 1. The van der Waals surface area contributed by atoms with Gasteiger partial charge in [0, 0.05) is 5.56 Å². The third-order valence-corrected chi connectivity index (χ3v) is 4.26. The molecule has 3 N–H and O–H groups in total. The van der Waals surface area contributed by atoms with E-state index in [1.165, 1.54) is 13.3 Å². The highest BCUT2D eigenvalue weighted by Crippen LogP contribution is 2.34. The van der Waals surface area contributed by atoms with Gasteiger partial charge in [0.1, 0.15) is 5.70 Å². The largest absolute Gasteiger partial charge is 0.503 e. The Kier molecular flexibility index (Phi) is 7.34. The van der Waals surface area contributed by atoms with E-state index in [-0.39, 0.29) is 23.1 Å². The smallest absolute Gasteiger partial charge is 0.287 e. The zero-order chi connectivity index (χ0) is 20.7. The fourth-order valence-electron chi connectivity index (χ4n) is 2.23. The van der Waals surface area contributed by atoms with Crippen LogP contribution >= 0.6 is 15.9 Å². The van der Waals surface area contributed by atoms with Crippen molar-refractivity contribution in [3.05, 3.63) is 69.3 Å². The highest BCUT2D eigenvalue weighted by molar-refractivity contribution is 9.10. The van der Waals surface area contributed by atoms with Crippen LogP contribution in [-0.2, 0) is 4.79 Å². The number of allylic oxidation sites excluding steroid dienone is 1. The van der Waals surface area contributed by atoms with Gasteiger partial charge in [-0.05, 0) is 65.2 Å². The SMILES string of the molecule is COc1cc(/C=N\NC(=O)C(NC(=O)c2ccccc2)=C(C)C)cc(Br)c1O. The van der Waals surface area contributed by atoms with Gasteiger partial charge >= 0.3 is 0 Å². The predicted octanol–water partition coefficient (Wildman–Crippen LogP) is 3.34. The number of carbonyl (C=O) groups excluding carboxylic acids is 2. The van der Waals surface area contributed by atoms with E-state index >= 15 is 0 Å². The normalized spacial score (nSPS) is 10.4. The van der Waals surface area contributed by atoms with Gasteiger partial charge in [0.05, 0.1) is 17.8 Å². The van der Waals surface area contributed by atoms with Gasteiger partial charge in [0.15, 0.2) is 11.5 Å². The maximum atomic E-state index is 12.4. The summed E-state index contributed by atoms with van der Waals surface area (Å²) in [4.78, 5) is 24.7. The molecule has 2 amide bonds. The summed E-state index contributed by atoms with van der Waals surface area (Å²) in [6.07, 6.45) is 1.40. The maximum absolute atomic E-state index is 12.4. The summed E-state index contributed by atoms with van der Waals surface area (Å²) in [5.74, 6) is -0.699. The third kappa shape index (κ3) is 5.43. The van der Waals surface area contributed by atoms with Crippen molar-refractivity contribution in [1.82, 2.24) is 10.7 Å². The summed E-state index contributed by atoms with van der Waals surface area (Å²) in [5.41, 5.74) is 4.17. The first-order chi connectivity index (χ1) is 13.3. The number of carbonyl (C=O) groups is 2. The molecule has 0 saturated carbocycles. The van der Waals surface area contributed by atoms with E-state index < -0.39 is 5.91 Å². The van der Waals surface area contributed by atoms with Crippen LogP contribution in [0.3, 0.4) is 0 Å². The Bertz CT molecular complexity index is 936. The number of rotatable bonds is 6. The van der Waals surface area contributed by atoms with Crippen molar-refractivity contribution in [3.8, 4) is 11.5 Å². The van der Waals surface area contributed by atoms with Gasteiger partial charge in [-0.3, -0.25) is 9.59 Å². The van der Waals surface area contributed by atoms with Gasteiger partial charge in [-0.1, -0.05) is 18.2 Å². The van der Waals surface area contributed by atoms with Gasteiger partial charge in [-0.25, -0.2) is 5.43 Å². The van der Waals surface area contributed by atoms with Crippen molar-refractivity contribution in [2.45, 2.75) is 13.8 Å². The van der Waals surface area contributed by atoms with Crippen molar-refractivity contribution >= 4 is 34.0 Å². The molecular formula is C20H20BrN3O4. The fraction of sp³-hybridized carbons (Fsp3) is 0.150. The molecule has 0 bridgehead atoms. The van der Waals surface area contributed by atoms with E-state index in [9.17, 15) is 14.7 Å². The van der Waals surface area contributed by atoms with Crippen molar-refractivity contribution < 1.29 is 19.4 Å². The van der Waals surface area contributed by atoms with Gasteiger partial charge in [0.2, 0.25) is 0 Å². The molecule has 8 heteroatoms. The summed E-state index contributed by atoms with van der Waals surface area (Å²) in [6, 6.07) is 11.8. The number of ether oxygens (including phenoxy) is 1. The van der Waals surface area contributed by atoms with Crippen molar-refractivity contribution in [2.24, 2.45) is 5.10 Å². The number of phenols is 1. The van der Waals surface area contributed by atoms with Crippen molar-refractivity contribution in [1.29, 1.82) is 0 Å². The Morgan fingerprint density at radius 2 is 1.86 bits per heavy atom. The summed E-state index contributed by atoms with van der Waals surface area (Å²) >= 11 is 3.22. The van der Waals surface area contributed by atoms with E-state index in [0.29, 0.717) is 21.2 Å². The van der Waals surface area contributed by atoms with E-state index in [2.05, 4.69) is 31.8 Å². The second kappa shape index (κ2) is 9.70. The standard InChI is InChI=1S/C20H20BrN3O4/c1-12(2)17(23-19(26)14-7-5-4-6-8-14)20(27)24-22-11-13-9-15(21)18(25)16(10-13)28-3/h4-11,25H,1-3H3,(H,23,26)(H,24,27)/b22-11-. The number of methoxy groups -OCH3 is 1. The van der Waals surface area contributed by atoms with Crippen LogP contribution in [0.15, 0.2) is 63.3 Å². The average molecular weight is 446 g/mol. The Morgan fingerprint density at radius 3 is 2.46 bits per heavy atom. The highest BCUT2D eigenvalue weighted by atomic mass is 79.9. The molecule has 0 atom stereocenters. The molecule has 2 aromatic rings. The Balaban J connectivity index is 2.09. The molecule has 0 saturated heterocycles. The average Bonchev–Trinajstić information content (AvgIpc) is 2.68. The first-order valence-corrected chi connectivity index (χ1v) is 9.06. The van der Waals surface area contributed by atoms with E-state index in [0.717, 1.165) is 0 Å². The molecule has 0 spiro atoms. The molecular weight excluding hydrogens is 426 g/mol. The van der Waals surface area contributed by atoms with Crippen LogP contribution in [0.4, 0.5) is 0 Å². The van der Waals surface area contributed by atoms with E-state index in [1.807, 2.05) is 0 Å². The number of nitrogens with zero attached hydrogens (tertiary/aromatic N) is 1. The molecule has 28 heavy (non-hydrogen) atoms. The number of hydrogen-bond donors (Lipinski definition) is 3. The monoisotopic (exact) mass is 445 g/mol. The highest BCUT2D eigenvalue weighted by Gasteiger charge is 2.15. The van der Waals surface area contributed by atoms with E-state index in [4.69, 9.17) is 4.74 Å². The van der Waals surface area contributed by atoms with Crippen LogP contribution in [0, 0.1) is 0 Å². The quantitative estimate of drug-likeness (QED) is 0.360. The van der Waals surface area contributed by atoms with Crippen LogP contribution in [0.25, 0.3) is 0 Å². The van der Waals surface area contributed by atoms with Crippen LogP contribution in [0.5, 0.6) is 11.5 Å². The van der Waals surface area contributed by atoms with Crippen LogP contribution in [-0.4, -0.2) is 30.2 Å². The van der Waals surface area contributed by atoms with Gasteiger partial charge in [-0.2, -0.15) is 5.10 Å². The van der Waals surface area contributed by atoms with E-state index in [1.54, 1.807) is 56.3 Å². The summed E-state index contributed by atoms with van der Waals surface area (Å²) < 4.78 is 5.50. The Morgan fingerprint density at radius 1 is 1.18 bits per heavy atom. The van der Waals surface area contributed by atoms with Crippen LogP contribution in [0.1, 0.15) is 29.8 Å². The van der Waals surface area contributed by atoms with Crippen LogP contribution in [0.2, 0.25) is 0 Å². The molecule has 146 valence electrons. The molecule has 7 nitrogen and oxygen atoms in total. The Hall–Kier alpha value is -3.13. The maximum Gasteiger partial charge on any atom is 0.287 e. The van der Waals surface area contributed by atoms with Gasteiger partial charge < -0.3 is 15.2 Å². The lowest BCUT2D eigenvalue weighted by Gasteiger charge is -2.10. The zero-order valence-electron chi connectivity index (χ0n) is 15.6.